The molecule has 0 saturated heterocycles. The number of allylic oxidation sites excluding steroid dienone is 3. The molecule has 1 aromatic rings. The summed E-state index contributed by atoms with van der Waals surface area (Å²) in [5, 5.41) is 10.00. The maximum Gasteiger partial charge on any atom is 0.205 e. The van der Waals surface area contributed by atoms with Crippen molar-refractivity contribution >= 4 is 17.4 Å². The van der Waals surface area contributed by atoms with Crippen molar-refractivity contribution in [1.29, 1.82) is 5.26 Å². The second kappa shape index (κ2) is 8.41. The van der Waals surface area contributed by atoms with Gasteiger partial charge in [0.2, 0.25) is 5.88 Å². The third-order valence-corrected chi connectivity index (χ3v) is 4.90. The molecule has 0 spiro atoms. The lowest BCUT2D eigenvalue weighted by molar-refractivity contribution is -0.116. The number of ketones is 1. The number of Topliss-reactive ketones (excluding diaryl/α,β-unsaturated/α-hetero) is 1. The Balaban J connectivity index is 2.17. The number of ether oxygens (including phenoxy) is 3. The zero-order chi connectivity index (χ0) is 20.3. The van der Waals surface area contributed by atoms with Crippen molar-refractivity contribution in [2.75, 3.05) is 13.2 Å². The minimum Gasteiger partial charge on any atom is -0.490 e. The van der Waals surface area contributed by atoms with Gasteiger partial charge in [-0.2, -0.15) is 5.26 Å². The van der Waals surface area contributed by atoms with Crippen LogP contribution in [0.3, 0.4) is 0 Å². The molecule has 3 rings (SSSR count). The van der Waals surface area contributed by atoms with E-state index < -0.39 is 5.92 Å². The number of nitrogens with zero attached hydrogens (tertiary/aromatic N) is 1. The number of hydrogen-bond donors (Lipinski definition) is 1. The Morgan fingerprint density at radius 2 is 2.21 bits per heavy atom. The average molecular weight is 401 g/mol. The first-order valence-corrected chi connectivity index (χ1v) is 9.43. The highest BCUT2D eigenvalue weighted by Crippen LogP contribution is 2.47. The fourth-order valence-corrected chi connectivity index (χ4v) is 3.76. The first kappa shape index (κ1) is 19.8. The molecular weight excluding hydrogens is 380 g/mol. The first-order valence-electron chi connectivity index (χ1n) is 9.05. The summed E-state index contributed by atoms with van der Waals surface area (Å²) in [7, 11) is 0. The van der Waals surface area contributed by atoms with E-state index in [9.17, 15) is 10.1 Å². The maximum atomic E-state index is 12.7. The molecule has 0 saturated carbocycles. The van der Waals surface area contributed by atoms with E-state index in [0.717, 1.165) is 0 Å². The Kier molecular flexibility index (Phi) is 5.96. The van der Waals surface area contributed by atoms with Gasteiger partial charge in [-0.15, -0.1) is 0 Å². The standard InChI is InChI=1S/C21H21ClN2O4/c1-3-8-27-20-14(22)9-12(10-17(20)26-4-2)18-13(11-23)21(24)28-16-7-5-6-15(25)19(16)18/h3,9-10,18H,1,4-8,24H2,2H3/t18-/m0/s1. The highest BCUT2D eigenvalue weighted by atomic mass is 35.5. The number of halogens is 1. The monoisotopic (exact) mass is 400 g/mol. The number of rotatable bonds is 6. The van der Waals surface area contributed by atoms with Crippen molar-refractivity contribution < 1.29 is 19.0 Å². The number of carbonyl (C=O) groups excluding carboxylic acids is 1. The van der Waals surface area contributed by atoms with Crippen molar-refractivity contribution in [1.82, 2.24) is 0 Å². The van der Waals surface area contributed by atoms with Gasteiger partial charge in [-0.3, -0.25) is 4.79 Å². The second-order valence-corrected chi connectivity index (χ2v) is 6.81. The molecule has 0 bridgehead atoms. The van der Waals surface area contributed by atoms with Crippen molar-refractivity contribution in [3.8, 4) is 17.6 Å². The molecule has 146 valence electrons. The number of carbonyl (C=O) groups is 1. The smallest absolute Gasteiger partial charge is 0.205 e. The van der Waals surface area contributed by atoms with Gasteiger partial charge in [-0.25, -0.2) is 0 Å². The van der Waals surface area contributed by atoms with Gasteiger partial charge in [-0.1, -0.05) is 24.3 Å². The summed E-state index contributed by atoms with van der Waals surface area (Å²) in [4.78, 5) is 12.7. The molecule has 6 nitrogen and oxygen atoms in total. The van der Waals surface area contributed by atoms with E-state index in [1.165, 1.54) is 0 Å². The summed E-state index contributed by atoms with van der Waals surface area (Å²) in [6, 6.07) is 5.50. The van der Waals surface area contributed by atoms with Crippen LogP contribution in [-0.4, -0.2) is 19.0 Å². The first-order chi connectivity index (χ1) is 13.5. The minimum absolute atomic E-state index is 0.0158. The Labute approximate surface area is 168 Å². The van der Waals surface area contributed by atoms with Crippen LogP contribution in [0.1, 0.15) is 37.7 Å². The molecule has 0 unspecified atom stereocenters. The summed E-state index contributed by atoms with van der Waals surface area (Å²) in [5.41, 5.74) is 7.27. The largest absolute Gasteiger partial charge is 0.490 e. The predicted molar refractivity (Wildman–Crippen MR) is 105 cm³/mol. The summed E-state index contributed by atoms with van der Waals surface area (Å²) in [6.07, 6.45) is 3.31. The molecule has 1 aliphatic carbocycles. The van der Waals surface area contributed by atoms with Crippen LogP contribution >= 0.6 is 11.6 Å². The lowest BCUT2D eigenvalue weighted by atomic mass is 9.77. The lowest BCUT2D eigenvalue weighted by Gasteiger charge is -2.31. The third kappa shape index (κ3) is 3.58. The lowest BCUT2D eigenvalue weighted by Crippen LogP contribution is -2.27. The highest BCUT2D eigenvalue weighted by Gasteiger charge is 2.38. The molecular formula is C21H21ClN2O4. The molecule has 0 amide bonds. The molecule has 0 fully saturated rings. The van der Waals surface area contributed by atoms with E-state index in [4.69, 9.17) is 31.5 Å². The number of nitrogens with two attached hydrogens (primary N) is 1. The normalized spacial score (nSPS) is 18.9. The van der Waals surface area contributed by atoms with E-state index in [2.05, 4.69) is 12.6 Å². The molecule has 0 radical (unpaired) electrons. The van der Waals surface area contributed by atoms with E-state index >= 15 is 0 Å². The SMILES string of the molecule is C=CCOc1c(Cl)cc([C@H]2C(C#N)=C(N)OC3=C2C(=O)CCC3)cc1OCC. The maximum absolute atomic E-state index is 12.7. The quantitative estimate of drug-likeness (QED) is 0.722. The van der Waals surface area contributed by atoms with Gasteiger partial charge in [0.15, 0.2) is 17.3 Å². The highest BCUT2D eigenvalue weighted by molar-refractivity contribution is 6.32. The van der Waals surface area contributed by atoms with Crippen LogP contribution in [0.4, 0.5) is 0 Å². The average Bonchev–Trinajstić information content (AvgIpc) is 2.66. The molecule has 1 aromatic carbocycles. The Morgan fingerprint density at radius 3 is 2.89 bits per heavy atom. The Hall–Kier alpha value is -2.91. The molecule has 2 aliphatic rings. The zero-order valence-electron chi connectivity index (χ0n) is 15.6. The van der Waals surface area contributed by atoms with Gasteiger partial charge in [0.05, 0.1) is 17.5 Å². The molecule has 2 N–H and O–H groups in total. The van der Waals surface area contributed by atoms with Gasteiger partial charge >= 0.3 is 0 Å². The molecule has 1 aliphatic heterocycles. The van der Waals surface area contributed by atoms with Crippen LogP contribution in [-0.2, 0) is 9.53 Å². The van der Waals surface area contributed by atoms with Crippen molar-refractivity contribution in [3.63, 3.8) is 0 Å². The number of benzene rings is 1. The van der Waals surface area contributed by atoms with Crippen molar-refractivity contribution in [2.45, 2.75) is 32.1 Å². The van der Waals surface area contributed by atoms with Crippen LogP contribution in [0.25, 0.3) is 0 Å². The fourth-order valence-electron chi connectivity index (χ4n) is 3.49. The second-order valence-electron chi connectivity index (χ2n) is 6.40. The molecule has 0 aromatic heterocycles. The van der Waals surface area contributed by atoms with E-state index in [0.29, 0.717) is 59.3 Å². The Morgan fingerprint density at radius 1 is 1.43 bits per heavy atom. The van der Waals surface area contributed by atoms with E-state index in [-0.39, 0.29) is 23.8 Å². The molecule has 1 heterocycles. The van der Waals surface area contributed by atoms with Crippen molar-refractivity contribution in [3.05, 3.63) is 58.2 Å². The molecule has 28 heavy (non-hydrogen) atoms. The summed E-state index contributed by atoms with van der Waals surface area (Å²) < 4.78 is 16.9. The molecule has 7 heteroatoms. The van der Waals surface area contributed by atoms with E-state index in [1.54, 1.807) is 18.2 Å². The summed E-state index contributed by atoms with van der Waals surface area (Å²) >= 11 is 6.46. The zero-order valence-corrected chi connectivity index (χ0v) is 16.3. The Bertz CT molecular complexity index is 927. The number of nitriles is 1. The van der Waals surface area contributed by atoms with Gasteiger partial charge < -0.3 is 19.9 Å². The van der Waals surface area contributed by atoms with Gasteiger partial charge in [0.25, 0.3) is 0 Å². The van der Waals surface area contributed by atoms with Gasteiger partial charge in [-0.05, 0) is 31.0 Å². The number of hydrogen-bond acceptors (Lipinski definition) is 6. The molecule has 1 atom stereocenters. The van der Waals surface area contributed by atoms with Crippen LogP contribution < -0.4 is 15.2 Å². The summed E-state index contributed by atoms with van der Waals surface area (Å²) in [5.74, 6) is 0.665. The minimum atomic E-state index is -0.647. The van der Waals surface area contributed by atoms with E-state index in [1.807, 2.05) is 6.92 Å². The van der Waals surface area contributed by atoms with Gasteiger partial charge in [0, 0.05) is 18.4 Å². The van der Waals surface area contributed by atoms with Crippen LogP contribution in [0.5, 0.6) is 11.5 Å². The fraction of sp³-hybridized carbons (Fsp3) is 0.333. The van der Waals surface area contributed by atoms with Crippen LogP contribution in [0.2, 0.25) is 5.02 Å². The predicted octanol–water partition coefficient (Wildman–Crippen LogP) is 4.12. The third-order valence-electron chi connectivity index (χ3n) is 4.62. The van der Waals surface area contributed by atoms with Crippen molar-refractivity contribution in [2.24, 2.45) is 5.73 Å². The van der Waals surface area contributed by atoms with Crippen LogP contribution in [0, 0.1) is 11.3 Å². The summed E-state index contributed by atoms with van der Waals surface area (Å²) in [6.45, 7) is 6.14. The topological polar surface area (TPSA) is 94.6 Å². The van der Waals surface area contributed by atoms with Crippen LogP contribution in [0.15, 0.2) is 47.6 Å². The van der Waals surface area contributed by atoms with Gasteiger partial charge in [0.1, 0.15) is 24.0 Å².